The Morgan fingerprint density at radius 2 is 2.46 bits per heavy atom. The van der Waals surface area contributed by atoms with Gasteiger partial charge in [-0.25, -0.2) is 0 Å². The van der Waals surface area contributed by atoms with Gasteiger partial charge in [-0.2, -0.15) is 5.10 Å². The summed E-state index contributed by atoms with van der Waals surface area (Å²) >= 11 is 0. The Morgan fingerprint density at radius 1 is 1.69 bits per heavy atom. The predicted octanol–water partition coefficient (Wildman–Crippen LogP) is 0.846. The quantitative estimate of drug-likeness (QED) is 0.736. The Balaban J connectivity index is 2.56. The molecule has 0 aromatic carbocycles. The van der Waals surface area contributed by atoms with Gasteiger partial charge in [0.25, 0.3) is 0 Å². The van der Waals surface area contributed by atoms with E-state index in [0.717, 1.165) is 18.6 Å². The van der Waals surface area contributed by atoms with Crippen LogP contribution in [0.25, 0.3) is 0 Å². The molecule has 0 aliphatic rings. The van der Waals surface area contributed by atoms with Crippen molar-refractivity contribution >= 4 is 0 Å². The van der Waals surface area contributed by atoms with Crippen LogP contribution in [0, 0.1) is 0 Å². The fraction of sp³-hybridized carbons (Fsp3) is 0.667. The molecule has 1 aromatic rings. The molecule has 1 rings (SSSR count). The van der Waals surface area contributed by atoms with Crippen LogP contribution >= 0.6 is 0 Å². The van der Waals surface area contributed by atoms with Crippen molar-refractivity contribution in [3.8, 4) is 0 Å². The van der Waals surface area contributed by atoms with Crippen molar-refractivity contribution in [1.29, 1.82) is 0 Å². The molecule has 1 aromatic heterocycles. The molecule has 0 aliphatic carbocycles. The largest absolute Gasteiger partial charge is 0.372 e. The summed E-state index contributed by atoms with van der Waals surface area (Å²) < 4.78 is 7.32. The fourth-order valence-corrected chi connectivity index (χ4v) is 1.17. The number of aryl methyl sites for hydroxylation is 1. The normalized spacial score (nSPS) is 13.2. The first kappa shape index (κ1) is 10.2. The zero-order valence-corrected chi connectivity index (χ0v) is 8.23. The first-order chi connectivity index (χ1) is 6.27. The molecule has 0 spiro atoms. The maximum absolute atomic E-state index is 5.59. The number of nitrogens with zero attached hydrogens (tertiary/aromatic N) is 2. The molecule has 0 amide bonds. The molecule has 1 heterocycles. The third-order valence-corrected chi connectivity index (χ3v) is 1.83. The highest BCUT2D eigenvalue weighted by Gasteiger charge is 2.10. The van der Waals surface area contributed by atoms with Crippen LogP contribution in [0.4, 0.5) is 0 Å². The lowest BCUT2D eigenvalue weighted by Crippen LogP contribution is -2.15. The van der Waals surface area contributed by atoms with Crippen LogP contribution in [0.1, 0.15) is 25.0 Å². The van der Waals surface area contributed by atoms with Gasteiger partial charge in [-0.05, 0) is 6.42 Å². The molecule has 1 unspecified atom stereocenters. The molecule has 4 nitrogen and oxygen atoms in total. The fourth-order valence-electron chi connectivity index (χ4n) is 1.17. The van der Waals surface area contributed by atoms with E-state index >= 15 is 0 Å². The molecule has 13 heavy (non-hydrogen) atoms. The van der Waals surface area contributed by atoms with Gasteiger partial charge in [0.1, 0.15) is 0 Å². The molecule has 0 radical (unpaired) electrons. The molecule has 4 heteroatoms. The molecule has 74 valence electrons. The van der Waals surface area contributed by atoms with Crippen LogP contribution in [-0.2, 0) is 11.8 Å². The molecule has 0 fully saturated rings. The lowest BCUT2D eigenvalue weighted by Gasteiger charge is -2.13. The summed E-state index contributed by atoms with van der Waals surface area (Å²) in [6.07, 6.45) is 4.74. The number of ether oxygens (including phenoxy) is 1. The molecule has 0 saturated carbocycles. The molecule has 0 saturated heterocycles. The lowest BCUT2D eigenvalue weighted by atomic mass is 10.2. The van der Waals surface area contributed by atoms with E-state index in [9.17, 15) is 0 Å². The average Bonchev–Trinajstić information content (AvgIpc) is 2.54. The second-order valence-corrected chi connectivity index (χ2v) is 3.04. The molecule has 0 aliphatic heterocycles. The molecular weight excluding hydrogens is 166 g/mol. The van der Waals surface area contributed by atoms with Crippen molar-refractivity contribution < 1.29 is 4.74 Å². The zero-order valence-electron chi connectivity index (χ0n) is 8.23. The first-order valence-electron chi connectivity index (χ1n) is 4.58. The van der Waals surface area contributed by atoms with Crippen molar-refractivity contribution in [1.82, 2.24) is 9.78 Å². The Kier molecular flexibility index (Phi) is 3.92. The molecule has 0 bridgehead atoms. The van der Waals surface area contributed by atoms with Gasteiger partial charge in [0.15, 0.2) is 0 Å². The second-order valence-electron chi connectivity index (χ2n) is 3.04. The van der Waals surface area contributed by atoms with Crippen molar-refractivity contribution in [3.05, 3.63) is 18.0 Å². The van der Waals surface area contributed by atoms with Gasteiger partial charge in [-0.3, -0.25) is 4.68 Å². The van der Waals surface area contributed by atoms with Crippen molar-refractivity contribution in [2.45, 2.75) is 19.4 Å². The third kappa shape index (κ3) is 2.82. The van der Waals surface area contributed by atoms with Gasteiger partial charge in [-0.1, -0.05) is 6.92 Å². The standard InChI is InChI=1S/C9H17N3O/c1-3-4-13-9(5-10)8-6-11-12(2)7-8/h6-7,9H,3-5,10H2,1-2H3. The van der Waals surface area contributed by atoms with Crippen LogP contribution in [0.15, 0.2) is 12.4 Å². The number of aromatic nitrogens is 2. The topological polar surface area (TPSA) is 53.1 Å². The van der Waals surface area contributed by atoms with Gasteiger partial charge in [0.05, 0.1) is 12.3 Å². The van der Waals surface area contributed by atoms with E-state index in [0.29, 0.717) is 6.54 Å². The van der Waals surface area contributed by atoms with Gasteiger partial charge in [0.2, 0.25) is 0 Å². The minimum absolute atomic E-state index is 0.00588. The van der Waals surface area contributed by atoms with Gasteiger partial charge in [-0.15, -0.1) is 0 Å². The van der Waals surface area contributed by atoms with Crippen LogP contribution in [-0.4, -0.2) is 22.9 Å². The summed E-state index contributed by atoms with van der Waals surface area (Å²) in [5, 5.41) is 4.07. The Hall–Kier alpha value is -0.870. The van der Waals surface area contributed by atoms with E-state index in [1.807, 2.05) is 13.2 Å². The van der Waals surface area contributed by atoms with E-state index < -0.39 is 0 Å². The van der Waals surface area contributed by atoms with Gasteiger partial charge < -0.3 is 10.5 Å². The van der Waals surface area contributed by atoms with E-state index in [2.05, 4.69) is 12.0 Å². The number of nitrogens with two attached hydrogens (primary N) is 1. The van der Waals surface area contributed by atoms with E-state index in [1.165, 1.54) is 0 Å². The predicted molar refractivity (Wildman–Crippen MR) is 51.2 cm³/mol. The SMILES string of the molecule is CCCOC(CN)c1cnn(C)c1. The van der Waals surface area contributed by atoms with Crippen LogP contribution in [0.2, 0.25) is 0 Å². The van der Waals surface area contributed by atoms with Gasteiger partial charge in [0, 0.05) is 32.0 Å². The third-order valence-electron chi connectivity index (χ3n) is 1.83. The van der Waals surface area contributed by atoms with Crippen LogP contribution in [0.5, 0.6) is 0 Å². The maximum Gasteiger partial charge on any atom is 0.0977 e. The Labute approximate surface area is 78.7 Å². The number of hydrogen-bond donors (Lipinski definition) is 1. The van der Waals surface area contributed by atoms with Crippen molar-refractivity contribution in [2.75, 3.05) is 13.2 Å². The first-order valence-corrected chi connectivity index (χ1v) is 4.58. The summed E-state index contributed by atoms with van der Waals surface area (Å²) in [7, 11) is 1.89. The van der Waals surface area contributed by atoms with Crippen LogP contribution < -0.4 is 5.73 Å². The highest BCUT2D eigenvalue weighted by Crippen LogP contribution is 2.14. The second kappa shape index (κ2) is 4.99. The summed E-state index contributed by atoms with van der Waals surface area (Å²) in [6, 6.07) is 0. The van der Waals surface area contributed by atoms with Crippen molar-refractivity contribution in [2.24, 2.45) is 12.8 Å². The Bertz CT molecular complexity index is 247. The highest BCUT2D eigenvalue weighted by molar-refractivity contribution is 5.08. The molecule has 1 atom stereocenters. The molecular formula is C9H17N3O. The molecule has 2 N–H and O–H groups in total. The highest BCUT2D eigenvalue weighted by atomic mass is 16.5. The van der Waals surface area contributed by atoms with Gasteiger partial charge >= 0.3 is 0 Å². The average molecular weight is 183 g/mol. The van der Waals surface area contributed by atoms with E-state index in [4.69, 9.17) is 10.5 Å². The minimum atomic E-state index is -0.00588. The maximum atomic E-state index is 5.59. The minimum Gasteiger partial charge on any atom is -0.372 e. The summed E-state index contributed by atoms with van der Waals surface area (Å²) in [4.78, 5) is 0. The lowest BCUT2D eigenvalue weighted by molar-refractivity contribution is 0.0591. The monoisotopic (exact) mass is 183 g/mol. The smallest absolute Gasteiger partial charge is 0.0977 e. The van der Waals surface area contributed by atoms with Crippen molar-refractivity contribution in [3.63, 3.8) is 0 Å². The van der Waals surface area contributed by atoms with E-state index in [-0.39, 0.29) is 6.10 Å². The Morgan fingerprint density at radius 3 is 2.92 bits per heavy atom. The van der Waals surface area contributed by atoms with Crippen LogP contribution in [0.3, 0.4) is 0 Å². The summed E-state index contributed by atoms with van der Waals surface area (Å²) in [6.45, 7) is 3.33. The zero-order chi connectivity index (χ0) is 9.68. The van der Waals surface area contributed by atoms with E-state index in [1.54, 1.807) is 10.9 Å². The number of rotatable bonds is 5. The summed E-state index contributed by atoms with van der Waals surface area (Å²) in [5.74, 6) is 0. The number of hydrogen-bond acceptors (Lipinski definition) is 3. The summed E-state index contributed by atoms with van der Waals surface area (Å²) in [5.41, 5.74) is 6.65.